The molecule has 5 nitrogen and oxygen atoms in total. The van der Waals surface area contributed by atoms with E-state index in [9.17, 15) is 9.59 Å². The molecule has 0 aliphatic carbocycles. The number of carboxylic acid groups (broad SMARTS) is 1. The number of hydrogen-bond donors (Lipinski definition) is 3. The molecule has 6 heteroatoms. The van der Waals surface area contributed by atoms with Crippen LogP contribution in [0.2, 0.25) is 5.02 Å². The average molecular weight is 334 g/mol. The quantitative estimate of drug-likeness (QED) is 0.784. The lowest BCUT2D eigenvalue weighted by Crippen LogP contribution is -2.43. The van der Waals surface area contributed by atoms with E-state index in [4.69, 9.17) is 21.8 Å². The highest BCUT2D eigenvalue weighted by Crippen LogP contribution is 2.27. The summed E-state index contributed by atoms with van der Waals surface area (Å²) in [6.45, 7) is 1.26. The number of benzene rings is 2. The van der Waals surface area contributed by atoms with Crippen LogP contribution in [0, 0.1) is 6.92 Å². The predicted molar refractivity (Wildman–Crippen MR) is 87.6 cm³/mol. The lowest BCUT2D eigenvalue weighted by molar-refractivity contribution is -0.140. The molecule has 0 aliphatic rings. The molecular formula is C17H16ClNO4. The summed E-state index contributed by atoms with van der Waals surface area (Å²) in [7, 11) is 0. The Bertz CT molecular complexity index is 745. The van der Waals surface area contributed by atoms with Gasteiger partial charge in [-0.3, -0.25) is 4.79 Å². The Morgan fingerprint density at radius 2 is 1.91 bits per heavy atom. The first kappa shape index (κ1) is 17.0. The maximum atomic E-state index is 12.2. The van der Waals surface area contributed by atoms with Crippen molar-refractivity contribution in [1.82, 2.24) is 5.32 Å². The summed E-state index contributed by atoms with van der Waals surface area (Å²) in [5.41, 5.74) is 2.95. The van der Waals surface area contributed by atoms with Gasteiger partial charge in [0, 0.05) is 0 Å². The molecule has 0 heterocycles. The number of aliphatic hydroxyl groups excluding tert-OH is 1. The molecule has 0 aromatic heterocycles. The monoisotopic (exact) mass is 333 g/mol. The molecule has 120 valence electrons. The van der Waals surface area contributed by atoms with Crippen molar-refractivity contribution in [2.24, 2.45) is 0 Å². The molecule has 0 saturated carbocycles. The van der Waals surface area contributed by atoms with Crippen molar-refractivity contribution in [3.63, 3.8) is 0 Å². The van der Waals surface area contributed by atoms with E-state index >= 15 is 0 Å². The first-order valence-electron chi connectivity index (χ1n) is 6.94. The van der Waals surface area contributed by atoms with Gasteiger partial charge >= 0.3 is 5.97 Å². The maximum absolute atomic E-state index is 12.2. The summed E-state index contributed by atoms with van der Waals surface area (Å²) in [5, 5.41) is 20.4. The van der Waals surface area contributed by atoms with Gasteiger partial charge in [0.25, 0.3) is 5.91 Å². The molecule has 3 N–H and O–H groups in total. The second kappa shape index (κ2) is 7.26. The lowest BCUT2D eigenvalue weighted by atomic mass is 9.98. The predicted octanol–water partition coefficient (Wildman–Crippen LogP) is 2.49. The molecule has 0 aliphatic heterocycles. The van der Waals surface area contributed by atoms with E-state index in [2.05, 4.69) is 5.32 Å². The Kier molecular flexibility index (Phi) is 5.36. The van der Waals surface area contributed by atoms with Crippen molar-refractivity contribution in [3.8, 4) is 11.1 Å². The maximum Gasteiger partial charge on any atom is 0.328 e. The average Bonchev–Trinajstić information content (AvgIpc) is 2.53. The highest BCUT2D eigenvalue weighted by Gasteiger charge is 2.21. The SMILES string of the molecule is Cc1ccccc1-c1ccc(Cl)c(C(=O)N[C@@H](CO)C(=O)O)c1. The zero-order chi connectivity index (χ0) is 17.0. The van der Waals surface area contributed by atoms with Gasteiger partial charge in [-0.2, -0.15) is 0 Å². The van der Waals surface area contributed by atoms with Crippen LogP contribution in [0.15, 0.2) is 42.5 Å². The van der Waals surface area contributed by atoms with E-state index in [1.807, 2.05) is 31.2 Å². The number of carboxylic acids is 1. The van der Waals surface area contributed by atoms with Crippen molar-refractivity contribution < 1.29 is 19.8 Å². The normalized spacial score (nSPS) is 11.8. The number of rotatable bonds is 5. The largest absolute Gasteiger partial charge is 0.480 e. The van der Waals surface area contributed by atoms with Crippen LogP contribution in [0.25, 0.3) is 11.1 Å². The van der Waals surface area contributed by atoms with Gasteiger partial charge in [0.1, 0.15) is 0 Å². The molecule has 0 bridgehead atoms. The number of aryl methyl sites for hydroxylation is 1. The molecule has 2 aromatic carbocycles. The second-order valence-corrected chi connectivity index (χ2v) is 5.46. The number of carbonyl (C=O) groups is 2. The smallest absolute Gasteiger partial charge is 0.328 e. The molecule has 0 spiro atoms. The fraction of sp³-hybridized carbons (Fsp3) is 0.176. The Morgan fingerprint density at radius 1 is 1.22 bits per heavy atom. The number of amides is 1. The third-order valence-corrected chi connectivity index (χ3v) is 3.78. The lowest BCUT2D eigenvalue weighted by Gasteiger charge is -2.14. The number of carbonyl (C=O) groups excluding carboxylic acids is 1. The number of nitrogens with one attached hydrogen (secondary N) is 1. The zero-order valence-corrected chi connectivity index (χ0v) is 13.2. The molecule has 0 unspecified atom stereocenters. The van der Waals surface area contributed by atoms with Gasteiger partial charge in [-0.25, -0.2) is 4.79 Å². The highest BCUT2D eigenvalue weighted by atomic mass is 35.5. The van der Waals surface area contributed by atoms with E-state index in [1.165, 1.54) is 0 Å². The van der Waals surface area contributed by atoms with E-state index in [1.54, 1.807) is 18.2 Å². The van der Waals surface area contributed by atoms with Gasteiger partial charge in [-0.05, 0) is 35.7 Å². The Morgan fingerprint density at radius 3 is 2.52 bits per heavy atom. The van der Waals surface area contributed by atoms with Crippen LogP contribution in [0.5, 0.6) is 0 Å². The summed E-state index contributed by atoms with van der Waals surface area (Å²) in [6.07, 6.45) is 0. The summed E-state index contributed by atoms with van der Waals surface area (Å²) in [5.74, 6) is -1.96. The molecule has 0 saturated heterocycles. The highest BCUT2D eigenvalue weighted by molar-refractivity contribution is 6.34. The molecule has 1 amide bonds. The molecule has 2 aromatic rings. The molecule has 0 fully saturated rings. The van der Waals surface area contributed by atoms with Crippen LogP contribution in [-0.2, 0) is 4.79 Å². The van der Waals surface area contributed by atoms with Gasteiger partial charge in [-0.15, -0.1) is 0 Å². The van der Waals surface area contributed by atoms with Gasteiger partial charge in [-0.1, -0.05) is 41.9 Å². The van der Waals surface area contributed by atoms with Crippen molar-refractivity contribution in [2.45, 2.75) is 13.0 Å². The van der Waals surface area contributed by atoms with Crippen molar-refractivity contribution in [3.05, 3.63) is 58.6 Å². The van der Waals surface area contributed by atoms with Crippen molar-refractivity contribution in [2.75, 3.05) is 6.61 Å². The van der Waals surface area contributed by atoms with E-state index in [-0.39, 0.29) is 10.6 Å². The summed E-state index contributed by atoms with van der Waals surface area (Å²) >= 11 is 6.05. The van der Waals surface area contributed by atoms with E-state index in [0.29, 0.717) is 0 Å². The number of halogens is 1. The van der Waals surface area contributed by atoms with Crippen LogP contribution in [0.1, 0.15) is 15.9 Å². The molecule has 0 radical (unpaired) electrons. The van der Waals surface area contributed by atoms with Crippen molar-refractivity contribution >= 4 is 23.5 Å². The first-order chi connectivity index (χ1) is 10.9. The summed E-state index contributed by atoms with van der Waals surface area (Å²) in [4.78, 5) is 23.1. The fourth-order valence-corrected chi connectivity index (χ4v) is 2.39. The van der Waals surface area contributed by atoms with E-state index < -0.39 is 24.5 Å². The number of hydrogen-bond acceptors (Lipinski definition) is 3. The van der Waals surface area contributed by atoms with E-state index in [0.717, 1.165) is 16.7 Å². The topological polar surface area (TPSA) is 86.6 Å². The standard InChI is InChI=1S/C17H16ClNO4/c1-10-4-2-3-5-12(10)11-6-7-14(18)13(8-11)16(21)19-15(9-20)17(22)23/h2-8,15,20H,9H2,1H3,(H,19,21)(H,22,23)/t15-/m0/s1. The molecule has 1 atom stereocenters. The number of aliphatic hydroxyl groups is 1. The van der Waals surface area contributed by atoms with Crippen LogP contribution < -0.4 is 5.32 Å². The molecule has 23 heavy (non-hydrogen) atoms. The first-order valence-corrected chi connectivity index (χ1v) is 7.32. The van der Waals surface area contributed by atoms with Crippen LogP contribution in [0.3, 0.4) is 0 Å². The van der Waals surface area contributed by atoms with Crippen LogP contribution in [-0.4, -0.2) is 34.7 Å². The Balaban J connectivity index is 2.36. The number of aliphatic carboxylic acids is 1. The van der Waals surface area contributed by atoms with Gasteiger partial charge in [0.15, 0.2) is 6.04 Å². The molecule has 2 rings (SSSR count). The van der Waals surface area contributed by atoms with Crippen LogP contribution >= 0.6 is 11.6 Å². The minimum Gasteiger partial charge on any atom is -0.480 e. The van der Waals surface area contributed by atoms with Crippen LogP contribution in [0.4, 0.5) is 0 Å². The zero-order valence-electron chi connectivity index (χ0n) is 12.4. The minimum absolute atomic E-state index is 0.159. The minimum atomic E-state index is -1.37. The second-order valence-electron chi connectivity index (χ2n) is 5.06. The van der Waals surface area contributed by atoms with Crippen molar-refractivity contribution in [1.29, 1.82) is 0 Å². The third kappa shape index (κ3) is 3.88. The summed E-state index contributed by atoms with van der Waals surface area (Å²) < 4.78 is 0. The van der Waals surface area contributed by atoms with Gasteiger partial charge in [0.2, 0.25) is 0 Å². The Labute approximate surface area is 138 Å². The Hall–Kier alpha value is -2.37. The van der Waals surface area contributed by atoms with Gasteiger partial charge < -0.3 is 15.5 Å². The van der Waals surface area contributed by atoms with Gasteiger partial charge in [0.05, 0.1) is 17.2 Å². The third-order valence-electron chi connectivity index (χ3n) is 3.45. The summed E-state index contributed by atoms with van der Waals surface area (Å²) in [6, 6.07) is 11.3. The fourth-order valence-electron chi connectivity index (χ4n) is 2.19. The molecular weight excluding hydrogens is 318 g/mol.